The first kappa shape index (κ1) is 16.6. The molecule has 2 aromatic carbocycles. The lowest BCUT2D eigenvalue weighted by atomic mass is 10.1. The monoisotopic (exact) mass is 358 g/mol. The van der Waals surface area contributed by atoms with Crippen molar-refractivity contribution in [3.63, 3.8) is 0 Å². The zero-order valence-electron chi connectivity index (χ0n) is 12.0. The molecule has 0 aliphatic heterocycles. The summed E-state index contributed by atoms with van der Waals surface area (Å²) >= 11 is 1.15. The van der Waals surface area contributed by atoms with Crippen LogP contribution in [0.4, 0.5) is 27.6 Å². The largest absolute Gasteiger partial charge is 0.416 e. The van der Waals surface area contributed by atoms with Crippen LogP contribution < -0.4 is 4.72 Å². The number of rotatable bonds is 4. The molecule has 0 aliphatic rings. The number of H-pyrrole nitrogens is 1. The van der Waals surface area contributed by atoms with Crippen LogP contribution >= 0.6 is 11.9 Å². The predicted octanol–water partition coefficient (Wildman–Crippen LogP) is 5.73. The Bertz CT molecular complexity index is 873. The van der Waals surface area contributed by atoms with E-state index in [2.05, 4.69) is 9.71 Å². The topological polar surface area (TPSA) is 27.8 Å². The number of alkyl halides is 3. The van der Waals surface area contributed by atoms with E-state index in [4.69, 9.17) is 0 Å². The Balaban J connectivity index is 1.70. The first-order valence-electron chi connectivity index (χ1n) is 6.84. The maximum absolute atomic E-state index is 13.3. The van der Waals surface area contributed by atoms with Crippen LogP contribution in [0.25, 0.3) is 10.9 Å². The zero-order chi connectivity index (χ0) is 17.3. The summed E-state index contributed by atoms with van der Waals surface area (Å²) in [6.07, 6.45) is -2.84. The second-order valence-electron chi connectivity index (χ2n) is 5.10. The fraction of sp³-hybridized carbons (Fsp3) is 0.125. The quantitative estimate of drug-likeness (QED) is 0.461. The molecule has 0 spiro atoms. The van der Waals surface area contributed by atoms with Gasteiger partial charge in [-0.2, -0.15) is 13.2 Å². The van der Waals surface area contributed by atoms with Crippen LogP contribution in [0.1, 0.15) is 11.1 Å². The van der Waals surface area contributed by atoms with Crippen LogP contribution in [0.5, 0.6) is 0 Å². The molecule has 0 saturated heterocycles. The molecule has 1 heterocycles. The normalized spacial score (nSPS) is 11.9. The zero-order valence-corrected chi connectivity index (χ0v) is 12.9. The Morgan fingerprint density at radius 1 is 1.04 bits per heavy atom. The molecule has 0 atom stereocenters. The van der Waals surface area contributed by atoms with Crippen molar-refractivity contribution in [1.82, 2.24) is 4.98 Å². The molecule has 3 rings (SSSR count). The van der Waals surface area contributed by atoms with Crippen LogP contribution in [0.3, 0.4) is 0 Å². The van der Waals surface area contributed by atoms with E-state index in [1.54, 1.807) is 12.3 Å². The highest BCUT2D eigenvalue weighted by molar-refractivity contribution is 7.99. The Morgan fingerprint density at radius 2 is 1.79 bits per heavy atom. The van der Waals surface area contributed by atoms with Gasteiger partial charge < -0.3 is 9.71 Å². The third-order valence-corrected chi connectivity index (χ3v) is 4.24. The van der Waals surface area contributed by atoms with Gasteiger partial charge in [0.15, 0.2) is 11.6 Å². The van der Waals surface area contributed by atoms with E-state index in [9.17, 15) is 22.0 Å². The maximum atomic E-state index is 13.3. The fourth-order valence-electron chi connectivity index (χ4n) is 2.24. The average molecular weight is 358 g/mol. The molecule has 0 amide bonds. The minimum Gasteiger partial charge on any atom is -0.359 e. The molecule has 126 valence electrons. The van der Waals surface area contributed by atoms with Crippen molar-refractivity contribution < 1.29 is 22.0 Å². The minimum absolute atomic E-state index is 0.278. The van der Waals surface area contributed by atoms with Crippen molar-refractivity contribution in [1.29, 1.82) is 0 Å². The summed E-state index contributed by atoms with van der Waals surface area (Å²) in [7, 11) is 0. The van der Waals surface area contributed by atoms with Crippen LogP contribution in [0.15, 0.2) is 42.6 Å². The smallest absolute Gasteiger partial charge is 0.359 e. The van der Waals surface area contributed by atoms with E-state index in [0.29, 0.717) is 22.2 Å². The van der Waals surface area contributed by atoms with Crippen molar-refractivity contribution in [2.75, 3.05) is 4.72 Å². The first-order chi connectivity index (χ1) is 11.3. The number of anilines is 1. The van der Waals surface area contributed by atoms with E-state index < -0.39 is 23.4 Å². The number of aromatic amines is 1. The second-order valence-corrected chi connectivity index (χ2v) is 5.88. The molecule has 0 aliphatic carbocycles. The molecule has 0 radical (unpaired) electrons. The molecular formula is C16H11F5N2S. The van der Waals surface area contributed by atoms with Crippen molar-refractivity contribution in [3.05, 3.63) is 65.4 Å². The number of nitrogens with one attached hydrogen (secondary N) is 2. The molecule has 8 heteroatoms. The van der Waals surface area contributed by atoms with Crippen LogP contribution in [0, 0.1) is 11.6 Å². The van der Waals surface area contributed by atoms with Gasteiger partial charge >= 0.3 is 6.18 Å². The van der Waals surface area contributed by atoms with Crippen LogP contribution in [0.2, 0.25) is 0 Å². The Kier molecular flexibility index (Phi) is 4.40. The first-order valence-corrected chi connectivity index (χ1v) is 7.83. The molecule has 24 heavy (non-hydrogen) atoms. The summed E-state index contributed by atoms with van der Waals surface area (Å²) in [5.74, 6) is -1.64. The van der Waals surface area contributed by atoms with Gasteiger partial charge in [0.25, 0.3) is 0 Å². The lowest BCUT2D eigenvalue weighted by Crippen LogP contribution is -2.05. The molecule has 2 nitrogen and oxygen atoms in total. The standard InChI is InChI=1S/C16H11F5N2S/c17-12-5-11-14(6-13(12)18)22-7-15(11)23-24-8-9-2-1-3-10(4-9)16(19,20)21/h1-7,22-23H,8H2. The van der Waals surface area contributed by atoms with Crippen molar-refractivity contribution in [3.8, 4) is 0 Å². The lowest BCUT2D eigenvalue weighted by Gasteiger charge is -2.09. The molecule has 3 aromatic rings. The maximum Gasteiger partial charge on any atom is 0.416 e. The third kappa shape index (κ3) is 3.48. The number of benzene rings is 2. The van der Waals surface area contributed by atoms with Gasteiger partial charge in [0.2, 0.25) is 0 Å². The molecule has 1 aromatic heterocycles. The fourth-order valence-corrected chi connectivity index (χ4v) is 2.98. The predicted molar refractivity (Wildman–Crippen MR) is 84.6 cm³/mol. The summed E-state index contributed by atoms with van der Waals surface area (Å²) in [5, 5.41) is 0.463. The highest BCUT2D eigenvalue weighted by atomic mass is 32.2. The van der Waals surface area contributed by atoms with Crippen molar-refractivity contribution in [2.24, 2.45) is 0 Å². The van der Waals surface area contributed by atoms with Crippen LogP contribution in [-0.4, -0.2) is 4.98 Å². The molecular weight excluding hydrogens is 347 g/mol. The van der Waals surface area contributed by atoms with E-state index in [1.807, 2.05) is 0 Å². The number of fused-ring (bicyclic) bond motifs is 1. The summed E-state index contributed by atoms with van der Waals surface area (Å²) in [4.78, 5) is 2.80. The van der Waals surface area contributed by atoms with Gasteiger partial charge in [0.05, 0.1) is 16.8 Å². The lowest BCUT2D eigenvalue weighted by molar-refractivity contribution is -0.137. The molecule has 0 fully saturated rings. The molecule has 0 bridgehead atoms. The summed E-state index contributed by atoms with van der Waals surface area (Å²) < 4.78 is 67.4. The van der Waals surface area contributed by atoms with Gasteiger partial charge in [-0.05, 0) is 29.6 Å². The number of hydrogen-bond donors (Lipinski definition) is 2. The van der Waals surface area contributed by atoms with Gasteiger partial charge in [-0.1, -0.05) is 18.2 Å². The van der Waals surface area contributed by atoms with E-state index in [0.717, 1.165) is 36.2 Å². The van der Waals surface area contributed by atoms with E-state index in [1.165, 1.54) is 6.07 Å². The summed E-state index contributed by atoms with van der Waals surface area (Å²) in [5.41, 5.74) is 0.751. The SMILES string of the molecule is Fc1cc2[nH]cc(NSCc3cccc(C(F)(F)F)c3)c2cc1F. The number of halogens is 5. The minimum atomic E-state index is -4.38. The Morgan fingerprint density at radius 3 is 2.54 bits per heavy atom. The van der Waals surface area contributed by atoms with Crippen molar-refractivity contribution >= 4 is 28.5 Å². The van der Waals surface area contributed by atoms with Gasteiger partial charge in [0, 0.05) is 23.4 Å². The van der Waals surface area contributed by atoms with Gasteiger partial charge in [-0.15, -0.1) is 0 Å². The molecule has 0 saturated carbocycles. The Labute approximate surface area is 138 Å². The highest BCUT2D eigenvalue weighted by Gasteiger charge is 2.30. The van der Waals surface area contributed by atoms with E-state index in [-0.39, 0.29) is 5.75 Å². The summed E-state index contributed by atoms with van der Waals surface area (Å²) in [6, 6.07) is 7.15. The van der Waals surface area contributed by atoms with Crippen LogP contribution in [-0.2, 0) is 11.9 Å². The molecule has 2 N–H and O–H groups in total. The highest BCUT2D eigenvalue weighted by Crippen LogP contribution is 2.31. The number of aromatic nitrogens is 1. The van der Waals surface area contributed by atoms with E-state index >= 15 is 0 Å². The van der Waals surface area contributed by atoms with Gasteiger partial charge in [-0.3, -0.25) is 0 Å². The second kappa shape index (κ2) is 6.35. The number of hydrogen-bond acceptors (Lipinski definition) is 2. The Hall–Kier alpha value is -2.22. The summed E-state index contributed by atoms with van der Waals surface area (Å²) in [6.45, 7) is 0. The van der Waals surface area contributed by atoms with Gasteiger partial charge in [0.1, 0.15) is 0 Å². The van der Waals surface area contributed by atoms with Crippen molar-refractivity contribution in [2.45, 2.75) is 11.9 Å². The molecule has 0 unspecified atom stereocenters. The average Bonchev–Trinajstić information content (AvgIpc) is 2.89. The van der Waals surface area contributed by atoms with Gasteiger partial charge in [-0.25, -0.2) is 8.78 Å². The third-order valence-electron chi connectivity index (χ3n) is 3.40.